The maximum absolute atomic E-state index is 12.5. The molecule has 146 valence electrons. The predicted octanol–water partition coefficient (Wildman–Crippen LogP) is 2.91. The molecule has 0 unspecified atom stereocenters. The number of esters is 2. The molecule has 0 bridgehead atoms. The van der Waals surface area contributed by atoms with Gasteiger partial charge >= 0.3 is 11.9 Å². The first kappa shape index (κ1) is 20.9. The Kier molecular flexibility index (Phi) is 6.40. The number of methoxy groups -OCH3 is 2. The summed E-state index contributed by atoms with van der Waals surface area (Å²) >= 11 is 4.54. The number of nitro benzene ring substituents is 1. The summed E-state index contributed by atoms with van der Waals surface area (Å²) in [6.45, 7) is 3.24. The summed E-state index contributed by atoms with van der Waals surface area (Å²) in [5, 5.41) is 16.8. The van der Waals surface area contributed by atoms with Gasteiger partial charge < -0.3 is 14.8 Å². The number of nitrogens with zero attached hydrogens (tertiary/aromatic N) is 2. The van der Waals surface area contributed by atoms with Crippen molar-refractivity contribution in [1.29, 1.82) is 0 Å². The Bertz CT molecular complexity index is 938. The zero-order chi connectivity index (χ0) is 21.0. The lowest BCUT2D eigenvalue weighted by molar-refractivity contribution is -0.385. The number of carbonyl (C=O) groups excluding carboxylic acids is 2. The normalized spacial score (nSPS) is 14.1. The highest BCUT2D eigenvalue weighted by atomic mass is 32.1. The summed E-state index contributed by atoms with van der Waals surface area (Å²) in [5.41, 5.74) is 0.982. The fourth-order valence-corrected chi connectivity index (χ4v) is 3.23. The van der Waals surface area contributed by atoms with E-state index in [2.05, 4.69) is 27.7 Å². The van der Waals surface area contributed by atoms with Crippen molar-refractivity contribution in [3.05, 3.63) is 56.4 Å². The molecule has 1 aromatic rings. The van der Waals surface area contributed by atoms with Gasteiger partial charge in [0, 0.05) is 23.0 Å². The maximum atomic E-state index is 12.5. The van der Waals surface area contributed by atoms with Crippen LogP contribution in [0.15, 0.2) is 45.7 Å². The minimum absolute atomic E-state index is 0.0719. The van der Waals surface area contributed by atoms with Crippen LogP contribution in [0.3, 0.4) is 0 Å². The van der Waals surface area contributed by atoms with Crippen LogP contribution < -0.4 is 5.32 Å². The third-order valence-electron chi connectivity index (χ3n) is 4.27. The highest BCUT2D eigenvalue weighted by Crippen LogP contribution is 2.43. The summed E-state index contributed by atoms with van der Waals surface area (Å²) in [7, 11) is 2.38. The van der Waals surface area contributed by atoms with Crippen molar-refractivity contribution in [1.82, 2.24) is 5.32 Å². The Balaban J connectivity index is 2.86. The molecule has 28 heavy (non-hydrogen) atoms. The van der Waals surface area contributed by atoms with Crippen molar-refractivity contribution in [2.24, 2.45) is 4.99 Å². The molecule has 1 aliphatic rings. The zero-order valence-electron chi connectivity index (χ0n) is 15.6. The van der Waals surface area contributed by atoms with Crippen LogP contribution in [0.1, 0.15) is 25.3 Å². The third kappa shape index (κ3) is 3.83. The molecule has 1 heterocycles. The molecule has 0 amide bonds. The number of aliphatic imine (C=N–C) groups is 1. The number of carbonyl (C=O) groups is 2. The van der Waals surface area contributed by atoms with Crippen molar-refractivity contribution in [3.8, 4) is 0 Å². The van der Waals surface area contributed by atoms with Gasteiger partial charge in [0.25, 0.3) is 5.69 Å². The molecule has 0 spiro atoms. The van der Waals surface area contributed by atoms with Crippen molar-refractivity contribution >= 4 is 40.7 Å². The molecule has 0 radical (unpaired) electrons. The zero-order valence-corrected chi connectivity index (χ0v) is 16.4. The predicted molar refractivity (Wildman–Crippen MR) is 103 cm³/mol. The fraction of sp³-hybridized carbons (Fsp3) is 0.278. The van der Waals surface area contributed by atoms with E-state index in [9.17, 15) is 19.7 Å². The largest absolute Gasteiger partial charge is 0.466 e. The number of ether oxygens (including phenoxy) is 2. The molecule has 0 aromatic heterocycles. The van der Waals surface area contributed by atoms with E-state index in [1.165, 1.54) is 32.4 Å². The Hall–Kier alpha value is -3.36. The molecule has 0 saturated carbocycles. The van der Waals surface area contributed by atoms with Gasteiger partial charge in [-0.3, -0.25) is 10.1 Å². The van der Waals surface area contributed by atoms with Crippen LogP contribution in [0, 0.1) is 10.1 Å². The lowest BCUT2D eigenvalue weighted by Crippen LogP contribution is -2.32. The van der Waals surface area contributed by atoms with Crippen molar-refractivity contribution < 1.29 is 24.0 Å². The van der Waals surface area contributed by atoms with Gasteiger partial charge in [0.15, 0.2) is 0 Å². The molecular weight excluding hydrogens is 386 g/mol. The van der Waals surface area contributed by atoms with Gasteiger partial charge in [0.2, 0.25) is 0 Å². The molecular formula is C18H17N3O6S. The van der Waals surface area contributed by atoms with Crippen LogP contribution in [0.5, 0.6) is 0 Å². The quantitative estimate of drug-likeness (QED) is 0.262. The topological polar surface area (TPSA) is 120 Å². The van der Waals surface area contributed by atoms with E-state index in [1.807, 2.05) is 0 Å². The van der Waals surface area contributed by atoms with Gasteiger partial charge in [-0.25, -0.2) is 9.59 Å². The number of allylic oxidation sites excluding steroid dienone is 2. The molecule has 0 fully saturated rings. The van der Waals surface area contributed by atoms with Crippen LogP contribution in [0.4, 0.5) is 11.4 Å². The van der Waals surface area contributed by atoms with E-state index < -0.39 is 22.8 Å². The van der Waals surface area contributed by atoms with Gasteiger partial charge in [-0.05, 0) is 38.2 Å². The fourth-order valence-electron chi connectivity index (χ4n) is 3.12. The second-order valence-corrected chi connectivity index (χ2v) is 6.00. The minimum Gasteiger partial charge on any atom is -0.466 e. The van der Waals surface area contributed by atoms with Gasteiger partial charge in [-0.15, -0.1) is 0 Å². The van der Waals surface area contributed by atoms with Crippen LogP contribution in [-0.2, 0) is 19.1 Å². The molecule has 1 aromatic carbocycles. The molecule has 1 N–H and O–H groups in total. The van der Waals surface area contributed by atoms with Gasteiger partial charge in [0.05, 0.1) is 47.1 Å². The first-order valence-corrected chi connectivity index (χ1v) is 8.39. The average molecular weight is 403 g/mol. The van der Waals surface area contributed by atoms with Gasteiger partial charge in [0.1, 0.15) is 0 Å². The Labute approximate surface area is 165 Å². The molecule has 0 saturated heterocycles. The summed E-state index contributed by atoms with van der Waals surface area (Å²) in [5.74, 6) is -2.51. The van der Waals surface area contributed by atoms with E-state index in [1.54, 1.807) is 13.8 Å². The Morgan fingerprint density at radius 3 is 2.14 bits per heavy atom. The highest BCUT2D eigenvalue weighted by Gasteiger charge is 2.40. The molecule has 0 aliphatic carbocycles. The highest BCUT2D eigenvalue weighted by molar-refractivity contribution is 7.78. The standard InChI is InChI=1S/C18H17N3O6S/c1-9-14(17(22)26-3)16(15(10(2)20-9)18(23)27-4)12-6-5-11(19-8-28)7-13(12)21(24)25/h5-7,16,20H,1-4H3. The van der Waals surface area contributed by atoms with E-state index in [-0.39, 0.29) is 28.1 Å². The molecule has 10 heteroatoms. The Morgan fingerprint density at radius 2 is 1.71 bits per heavy atom. The van der Waals surface area contributed by atoms with Gasteiger partial charge in [-0.2, -0.15) is 4.99 Å². The summed E-state index contributed by atoms with van der Waals surface area (Å²) in [4.78, 5) is 39.8. The number of hydrogen-bond acceptors (Lipinski definition) is 9. The van der Waals surface area contributed by atoms with Crippen LogP contribution in [0.2, 0.25) is 0 Å². The number of hydrogen-bond donors (Lipinski definition) is 1. The third-order valence-corrected chi connectivity index (χ3v) is 4.36. The minimum atomic E-state index is -1.06. The lowest BCUT2D eigenvalue weighted by atomic mass is 9.79. The van der Waals surface area contributed by atoms with E-state index in [4.69, 9.17) is 9.47 Å². The van der Waals surface area contributed by atoms with Crippen LogP contribution in [0.25, 0.3) is 0 Å². The maximum Gasteiger partial charge on any atom is 0.336 e. The number of nitro groups is 1. The van der Waals surface area contributed by atoms with Crippen LogP contribution in [-0.4, -0.2) is 36.2 Å². The van der Waals surface area contributed by atoms with Crippen molar-refractivity contribution in [3.63, 3.8) is 0 Å². The second-order valence-electron chi connectivity index (χ2n) is 5.82. The number of benzene rings is 1. The molecule has 0 atom stereocenters. The molecule has 1 aliphatic heterocycles. The number of rotatable bonds is 5. The summed E-state index contributed by atoms with van der Waals surface area (Å²) in [6, 6.07) is 4.11. The number of nitrogens with one attached hydrogen (secondary N) is 1. The van der Waals surface area contributed by atoms with Crippen molar-refractivity contribution in [2.45, 2.75) is 19.8 Å². The van der Waals surface area contributed by atoms with Crippen LogP contribution >= 0.6 is 12.2 Å². The van der Waals surface area contributed by atoms with Crippen molar-refractivity contribution in [2.75, 3.05) is 14.2 Å². The smallest absolute Gasteiger partial charge is 0.336 e. The first-order chi connectivity index (χ1) is 13.3. The Morgan fingerprint density at radius 1 is 1.18 bits per heavy atom. The molecule has 9 nitrogen and oxygen atoms in total. The summed E-state index contributed by atoms with van der Waals surface area (Å²) in [6.07, 6.45) is 0. The second kappa shape index (κ2) is 8.55. The number of dihydropyridines is 1. The van der Waals surface area contributed by atoms with E-state index in [0.29, 0.717) is 11.4 Å². The number of isothiocyanates is 1. The van der Waals surface area contributed by atoms with E-state index >= 15 is 0 Å². The van der Waals surface area contributed by atoms with E-state index in [0.717, 1.165) is 0 Å². The lowest BCUT2D eigenvalue weighted by Gasteiger charge is -2.29. The number of thiocarbonyl (C=S) groups is 1. The monoisotopic (exact) mass is 403 g/mol. The SMILES string of the molecule is COC(=O)C1=C(C)NC(C)=C(C(=O)OC)C1c1ccc(N=C=S)cc1[N+](=O)[O-]. The molecule has 2 rings (SSSR count). The van der Waals surface area contributed by atoms with Gasteiger partial charge in [-0.1, -0.05) is 0 Å². The summed E-state index contributed by atoms with van der Waals surface area (Å²) < 4.78 is 9.70. The first-order valence-electron chi connectivity index (χ1n) is 7.98. The average Bonchev–Trinajstić information content (AvgIpc) is 2.66.